The third-order valence-electron chi connectivity index (χ3n) is 4.34. The number of hydrogen-bond acceptors (Lipinski definition) is 2. The number of benzene rings is 1. The summed E-state index contributed by atoms with van der Waals surface area (Å²) in [7, 11) is 0. The summed E-state index contributed by atoms with van der Waals surface area (Å²) in [5.41, 5.74) is 0.0974. The quantitative estimate of drug-likeness (QED) is 0.706. The number of anilines is 1. The first kappa shape index (κ1) is 17.9. The van der Waals surface area contributed by atoms with Crippen molar-refractivity contribution in [1.82, 2.24) is 4.98 Å². The maximum atomic E-state index is 12.7. The molecule has 0 aliphatic heterocycles. The van der Waals surface area contributed by atoms with Gasteiger partial charge in [0.1, 0.15) is 5.82 Å². The van der Waals surface area contributed by atoms with Crippen molar-refractivity contribution < 1.29 is 18.0 Å². The fraction of sp³-hybridized carbons (Fsp3) is 0.333. The van der Waals surface area contributed by atoms with E-state index in [1.807, 2.05) is 13.0 Å². The van der Waals surface area contributed by atoms with Crippen molar-refractivity contribution in [3.05, 3.63) is 58.2 Å². The lowest BCUT2D eigenvalue weighted by Gasteiger charge is -2.20. The number of hydrogen-bond donors (Lipinski definition) is 0. The van der Waals surface area contributed by atoms with Gasteiger partial charge in [0, 0.05) is 23.1 Å². The van der Waals surface area contributed by atoms with Crippen LogP contribution < -0.4 is 4.90 Å². The molecule has 1 amide bonds. The molecule has 0 radical (unpaired) electrons. The molecule has 3 nitrogen and oxygen atoms in total. The number of amides is 1. The lowest BCUT2D eigenvalue weighted by molar-refractivity contribution is -0.137. The summed E-state index contributed by atoms with van der Waals surface area (Å²) in [6.07, 6.45) is -2.06. The molecule has 0 bridgehead atoms. The van der Waals surface area contributed by atoms with Crippen molar-refractivity contribution in [3.8, 4) is 0 Å². The summed E-state index contributed by atoms with van der Waals surface area (Å²) >= 11 is 3.31. The summed E-state index contributed by atoms with van der Waals surface area (Å²) in [5.74, 6) is 0.303. The van der Waals surface area contributed by atoms with E-state index in [4.69, 9.17) is 0 Å². The van der Waals surface area contributed by atoms with Gasteiger partial charge in [-0.1, -0.05) is 12.1 Å². The van der Waals surface area contributed by atoms with Crippen molar-refractivity contribution in [2.75, 3.05) is 11.4 Å². The summed E-state index contributed by atoms with van der Waals surface area (Å²) in [4.78, 5) is 18.6. The normalized spacial score (nSPS) is 19.6. The average molecular weight is 413 g/mol. The van der Waals surface area contributed by atoms with Gasteiger partial charge in [-0.15, -0.1) is 0 Å². The first-order valence-electron chi connectivity index (χ1n) is 7.91. The molecule has 0 spiro atoms. The van der Waals surface area contributed by atoms with Gasteiger partial charge in [-0.3, -0.25) is 9.69 Å². The molecule has 1 aliphatic rings. The highest BCUT2D eigenvalue weighted by Crippen LogP contribution is 2.49. The monoisotopic (exact) mass is 412 g/mol. The molecule has 1 fully saturated rings. The van der Waals surface area contributed by atoms with Crippen LogP contribution in [0.1, 0.15) is 30.4 Å². The molecule has 1 heterocycles. The molecule has 1 aromatic carbocycles. The highest BCUT2D eigenvalue weighted by atomic mass is 79.9. The van der Waals surface area contributed by atoms with Crippen LogP contribution in [0.4, 0.5) is 19.0 Å². The average Bonchev–Trinajstić information content (AvgIpc) is 3.37. The Labute approximate surface area is 152 Å². The Kier molecular flexibility index (Phi) is 4.86. The maximum Gasteiger partial charge on any atom is 0.416 e. The van der Waals surface area contributed by atoms with Gasteiger partial charge in [-0.05, 0) is 65.0 Å². The Hall–Kier alpha value is -1.89. The number of carbonyl (C=O) groups is 1. The number of rotatable bonds is 4. The fourth-order valence-electron chi connectivity index (χ4n) is 2.91. The second kappa shape index (κ2) is 6.78. The zero-order valence-electron chi connectivity index (χ0n) is 13.4. The van der Waals surface area contributed by atoms with Gasteiger partial charge in [0.05, 0.1) is 5.56 Å². The Bertz CT molecular complexity index is 759. The summed E-state index contributed by atoms with van der Waals surface area (Å²) < 4.78 is 38.7. The Balaban J connectivity index is 1.71. The standard InChI is InChI=1S/C18H16BrF3N2O/c1-2-24(16-8-7-13(19)10-23-16)17(25)15-9-14(15)11-3-5-12(6-4-11)18(20,21)22/h3-8,10,14-15H,2,9H2,1H3. The van der Waals surface area contributed by atoms with E-state index < -0.39 is 11.7 Å². The summed E-state index contributed by atoms with van der Waals surface area (Å²) in [5, 5.41) is 0. The minimum absolute atomic E-state index is 0.0284. The third kappa shape index (κ3) is 3.86. The van der Waals surface area contributed by atoms with Crippen LogP contribution in [-0.2, 0) is 11.0 Å². The predicted octanol–water partition coefficient (Wildman–Crippen LogP) is 5.02. The molecular weight excluding hydrogens is 397 g/mol. The van der Waals surface area contributed by atoms with Crippen LogP contribution in [0.5, 0.6) is 0 Å². The van der Waals surface area contributed by atoms with Gasteiger partial charge in [-0.2, -0.15) is 13.2 Å². The van der Waals surface area contributed by atoms with E-state index in [1.165, 1.54) is 12.1 Å². The molecule has 1 aliphatic carbocycles. The molecule has 0 N–H and O–H groups in total. The highest BCUT2D eigenvalue weighted by molar-refractivity contribution is 9.10. The van der Waals surface area contributed by atoms with Gasteiger partial charge < -0.3 is 0 Å². The highest BCUT2D eigenvalue weighted by Gasteiger charge is 2.46. The Morgan fingerprint density at radius 1 is 1.24 bits per heavy atom. The topological polar surface area (TPSA) is 33.2 Å². The van der Waals surface area contributed by atoms with E-state index in [2.05, 4.69) is 20.9 Å². The molecule has 7 heteroatoms. The molecule has 2 atom stereocenters. The maximum absolute atomic E-state index is 12.7. The molecule has 3 rings (SSSR count). The van der Waals surface area contributed by atoms with Crippen molar-refractivity contribution in [1.29, 1.82) is 0 Å². The van der Waals surface area contributed by atoms with E-state index >= 15 is 0 Å². The third-order valence-corrected chi connectivity index (χ3v) is 4.81. The molecule has 1 saturated carbocycles. The van der Waals surface area contributed by atoms with Crippen molar-refractivity contribution in [2.45, 2.75) is 25.4 Å². The predicted molar refractivity (Wildman–Crippen MR) is 92.3 cm³/mol. The number of halogens is 4. The molecule has 132 valence electrons. The van der Waals surface area contributed by atoms with Crippen LogP contribution in [0.15, 0.2) is 47.1 Å². The number of pyridine rings is 1. The van der Waals surface area contributed by atoms with E-state index in [9.17, 15) is 18.0 Å². The lowest BCUT2D eigenvalue weighted by Crippen LogP contribution is -2.33. The molecule has 2 unspecified atom stereocenters. The smallest absolute Gasteiger partial charge is 0.297 e. The molecular formula is C18H16BrF3N2O. The van der Waals surface area contributed by atoms with Crippen LogP contribution in [0.25, 0.3) is 0 Å². The zero-order chi connectivity index (χ0) is 18.2. The van der Waals surface area contributed by atoms with Gasteiger partial charge in [-0.25, -0.2) is 4.98 Å². The number of alkyl halides is 3. The van der Waals surface area contributed by atoms with Crippen LogP contribution >= 0.6 is 15.9 Å². The summed E-state index contributed by atoms with van der Waals surface area (Å²) in [6, 6.07) is 8.66. The molecule has 2 aromatic rings. The number of aromatic nitrogens is 1. The van der Waals surface area contributed by atoms with Gasteiger partial charge >= 0.3 is 6.18 Å². The zero-order valence-corrected chi connectivity index (χ0v) is 15.0. The summed E-state index contributed by atoms with van der Waals surface area (Å²) in [6.45, 7) is 2.36. The van der Waals surface area contributed by atoms with E-state index in [0.29, 0.717) is 18.8 Å². The minimum atomic E-state index is -4.34. The first-order chi connectivity index (χ1) is 11.8. The molecule has 1 aromatic heterocycles. The van der Waals surface area contributed by atoms with Gasteiger partial charge in [0.15, 0.2) is 0 Å². The minimum Gasteiger partial charge on any atom is -0.297 e. The van der Waals surface area contributed by atoms with Crippen molar-refractivity contribution in [3.63, 3.8) is 0 Å². The Morgan fingerprint density at radius 3 is 2.44 bits per heavy atom. The van der Waals surface area contributed by atoms with E-state index in [0.717, 1.165) is 22.2 Å². The molecule has 0 saturated heterocycles. The van der Waals surface area contributed by atoms with Gasteiger partial charge in [0.25, 0.3) is 0 Å². The van der Waals surface area contributed by atoms with Crippen LogP contribution in [0, 0.1) is 5.92 Å². The largest absolute Gasteiger partial charge is 0.416 e. The van der Waals surface area contributed by atoms with E-state index in [-0.39, 0.29) is 17.7 Å². The molecule has 25 heavy (non-hydrogen) atoms. The second-order valence-electron chi connectivity index (χ2n) is 5.99. The van der Waals surface area contributed by atoms with Crippen LogP contribution in [0.2, 0.25) is 0 Å². The Morgan fingerprint density at radius 2 is 1.92 bits per heavy atom. The van der Waals surface area contributed by atoms with Crippen LogP contribution in [0.3, 0.4) is 0 Å². The van der Waals surface area contributed by atoms with Crippen LogP contribution in [-0.4, -0.2) is 17.4 Å². The number of carbonyl (C=O) groups excluding carboxylic acids is 1. The SMILES string of the molecule is CCN(C(=O)C1CC1c1ccc(C(F)(F)F)cc1)c1ccc(Br)cn1. The van der Waals surface area contributed by atoms with Crippen molar-refractivity contribution >= 4 is 27.7 Å². The lowest BCUT2D eigenvalue weighted by atomic mass is 10.1. The number of nitrogens with zero attached hydrogens (tertiary/aromatic N) is 2. The first-order valence-corrected chi connectivity index (χ1v) is 8.70. The van der Waals surface area contributed by atoms with Gasteiger partial charge in [0.2, 0.25) is 5.91 Å². The fourth-order valence-corrected chi connectivity index (χ4v) is 3.15. The second-order valence-corrected chi connectivity index (χ2v) is 6.90. The van der Waals surface area contributed by atoms with Crippen molar-refractivity contribution in [2.24, 2.45) is 5.92 Å². The van der Waals surface area contributed by atoms with E-state index in [1.54, 1.807) is 17.2 Å².